The minimum Gasteiger partial charge on any atom is -0.494 e. The first-order chi connectivity index (χ1) is 20.5. The van der Waals surface area contributed by atoms with Gasteiger partial charge in [-0.3, -0.25) is 4.79 Å². The number of piperidine rings is 1. The molecule has 0 bridgehead atoms. The van der Waals surface area contributed by atoms with E-state index in [4.69, 9.17) is 28.4 Å². The van der Waals surface area contributed by atoms with Crippen LogP contribution in [-0.2, 0) is 30.3 Å². The van der Waals surface area contributed by atoms with Crippen LogP contribution in [0.15, 0.2) is 42.5 Å². The van der Waals surface area contributed by atoms with Crippen molar-refractivity contribution < 1.29 is 33.2 Å². The molecule has 10 nitrogen and oxygen atoms in total. The lowest BCUT2D eigenvalue weighted by atomic mass is 9.85. The van der Waals surface area contributed by atoms with Gasteiger partial charge in [-0.15, -0.1) is 0 Å². The molecule has 42 heavy (non-hydrogen) atoms. The van der Waals surface area contributed by atoms with Crippen LogP contribution in [0.1, 0.15) is 29.9 Å². The van der Waals surface area contributed by atoms with Crippen molar-refractivity contribution in [2.45, 2.75) is 37.6 Å². The third kappa shape index (κ3) is 9.05. The smallest absolute Gasteiger partial charge is 0.248 e. The first-order valence-corrected chi connectivity index (χ1v) is 14.9. The topological polar surface area (TPSA) is 91.0 Å². The maximum absolute atomic E-state index is 12.3. The second-order valence-electron chi connectivity index (χ2n) is 10.9. The molecule has 2 aliphatic rings. The third-order valence-corrected chi connectivity index (χ3v) is 7.66. The number of carbonyl (C=O) groups is 1. The van der Waals surface area contributed by atoms with Crippen molar-refractivity contribution in [3.05, 3.63) is 53.6 Å². The van der Waals surface area contributed by atoms with Gasteiger partial charge >= 0.3 is 0 Å². The normalized spacial score (nSPS) is 20.1. The molecule has 1 N–H and O–H groups in total. The van der Waals surface area contributed by atoms with E-state index in [1.165, 1.54) is 0 Å². The van der Waals surface area contributed by atoms with Gasteiger partial charge in [0.1, 0.15) is 24.7 Å². The molecule has 1 saturated heterocycles. The summed E-state index contributed by atoms with van der Waals surface area (Å²) in [6.07, 6.45) is 1.41. The molecular formula is C32H47N3O7. The van der Waals surface area contributed by atoms with Crippen LogP contribution in [0.2, 0.25) is 0 Å². The van der Waals surface area contributed by atoms with Gasteiger partial charge in [-0.1, -0.05) is 18.2 Å². The standard InChI is InChI=1S/C32H47N3O7/c1-34(2)31(36)23-42-30-21-33-20-29(32(30)25-8-10-26(11-9-25)39-17-6-16-38-4)41-22-24-7-12-28-27(19-24)35(14-18-40-28)13-5-15-37-3/h7-12,19,29-30,32-33H,5-6,13-18,20-23H2,1-4H3/t29-,30+,32+/m0/s1. The lowest BCUT2D eigenvalue weighted by molar-refractivity contribution is -0.138. The van der Waals surface area contributed by atoms with Gasteiger partial charge in [0, 0.05) is 73.5 Å². The zero-order chi connectivity index (χ0) is 29.7. The van der Waals surface area contributed by atoms with Gasteiger partial charge in [-0.2, -0.15) is 0 Å². The number of carbonyl (C=O) groups excluding carboxylic acids is 1. The quantitative estimate of drug-likeness (QED) is 0.299. The van der Waals surface area contributed by atoms with E-state index in [-0.39, 0.29) is 30.6 Å². The second-order valence-corrected chi connectivity index (χ2v) is 10.9. The fourth-order valence-corrected chi connectivity index (χ4v) is 5.35. The summed E-state index contributed by atoms with van der Waals surface area (Å²) in [6.45, 7) is 6.23. The Balaban J connectivity index is 1.47. The SMILES string of the molecule is COCCCOc1ccc([C@@H]2[C@@H](OCc3ccc4c(c3)N(CCCOC)CCO4)CNC[C@H]2OCC(=O)N(C)C)cc1. The van der Waals surface area contributed by atoms with Crippen LogP contribution in [-0.4, -0.2) is 111 Å². The number of nitrogens with zero attached hydrogens (tertiary/aromatic N) is 2. The number of ether oxygens (including phenoxy) is 6. The monoisotopic (exact) mass is 585 g/mol. The van der Waals surface area contributed by atoms with Crippen molar-refractivity contribution in [3.8, 4) is 11.5 Å². The Morgan fingerprint density at radius 3 is 2.45 bits per heavy atom. The average molecular weight is 586 g/mol. The molecule has 2 aromatic carbocycles. The first-order valence-electron chi connectivity index (χ1n) is 14.9. The summed E-state index contributed by atoms with van der Waals surface area (Å²) in [6, 6.07) is 14.4. The number of likely N-dealkylation sites (N-methyl/N-ethyl adjacent to an activating group) is 1. The van der Waals surface area contributed by atoms with Crippen LogP contribution >= 0.6 is 0 Å². The van der Waals surface area contributed by atoms with E-state index in [9.17, 15) is 4.79 Å². The largest absolute Gasteiger partial charge is 0.494 e. The highest BCUT2D eigenvalue weighted by Gasteiger charge is 2.36. The summed E-state index contributed by atoms with van der Waals surface area (Å²) in [5.74, 6) is 1.59. The molecular weight excluding hydrogens is 538 g/mol. The number of benzene rings is 2. The number of hydrogen-bond acceptors (Lipinski definition) is 9. The highest BCUT2D eigenvalue weighted by Crippen LogP contribution is 2.35. The van der Waals surface area contributed by atoms with Crippen LogP contribution in [0.4, 0.5) is 5.69 Å². The van der Waals surface area contributed by atoms with Crippen LogP contribution in [0.5, 0.6) is 11.5 Å². The van der Waals surface area contributed by atoms with Gasteiger partial charge in [0.15, 0.2) is 0 Å². The molecule has 1 fully saturated rings. The predicted octanol–water partition coefficient (Wildman–Crippen LogP) is 3.08. The van der Waals surface area contributed by atoms with Crippen LogP contribution < -0.4 is 19.7 Å². The molecule has 0 unspecified atom stereocenters. The van der Waals surface area contributed by atoms with E-state index in [0.29, 0.717) is 39.5 Å². The molecule has 0 aromatic heterocycles. The molecule has 2 aromatic rings. The number of amides is 1. The average Bonchev–Trinajstić information content (AvgIpc) is 3.01. The fraction of sp³-hybridized carbons (Fsp3) is 0.594. The van der Waals surface area contributed by atoms with Gasteiger partial charge < -0.3 is 43.5 Å². The molecule has 232 valence electrons. The van der Waals surface area contributed by atoms with Crippen LogP contribution in [0.3, 0.4) is 0 Å². The van der Waals surface area contributed by atoms with Gasteiger partial charge in [-0.05, 0) is 41.8 Å². The third-order valence-electron chi connectivity index (χ3n) is 7.66. The van der Waals surface area contributed by atoms with E-state index in [1.54, 1.807) is 33.2 Å². The van der Waals surface area contributed by atoms with Crippen molar-refractivity contribution >= 4 is 11.6 Å². The molecule has 10 heteroatoms. The van der Waals surface area contributed by atoms with Gasteiger partial charge in [0.05, 0.1) is 37.7 Å². The summed E-state index contributed by atoms with van der Waals surface area (Å²) in [5, 5.41) is 3.46. The highest BCUT2D eigenvalue weighted by molar-refractivity contribution is 5.76. The van der Waals surface area contributed by atoms with Crippen LogP contribution in [0, 0.1) is 0 Å². The second kappa shape index (κ2) is 16.7. The van der Waals surface area contributed by atoms with E-state index in [1.807, 2.05) is 18.2 Å². The maximum atomic E-state index is 12.3. The molecule has 0 aliphatic carbocycles. The Morgan fingerprint density at radius 2 is 1.71 bits per heavy atom. The zero-order valence-corrected chi connectivity index (χ0v) is 25.5. The van der Waals surface area contributed by atoms with Crippen molar-refractivity contribution in [3.63, 3.8) is 0 Å². The molecule has 3 atom stereocenters. The summed E-state index contributed by atoms with van der Waals surface area (Å²) in [5.41, 5.74) is 3.28. The Labute approximate surface area is 250 Å². The molecule has 2 aliphatic heterocycles. The number of methoxy groups -OCH3 is 2. The van der Waals surface area contributed by atoms with Crippen molar-refractivity contribution in [2.75, 3.05) is 92.4 Å². The highest BCUT2D eigenvalue weighted by atomic mass is 16.5. The molecule has 4 rings (SSSR count). The summed E-state index contributed by atoms with van der Waals surface area (Å²) in [4.78, 5) is 16.2. The van der Waals surface area contributed by atoms with E-state index in [0.717, 1.165) is 60.9 Å². The molecule has 1 amide bonds. The van der Waals surface area contributed by atoms with Gasteiger partial charge in [0.25, 0.3) is 0 Å². The van der Waals surface area contributed by atoms with E-state index in [2.05, 4.69) is 34.5 Å². The molecule has 2 heterocycles. The maximum Gasteiger partial charge on any atom is 0.248 e. The van der Waals surface area contributed by atoms with Crippen molar-refractivity contribution in [1.82, 2.24) is 10.2 Å². The lowest BCUT2D eigenvalue weighted by Gasteiger charge is -2.39. The number of rotatable bonds is 16. The summed E-state index contributed by atoms with van der Waals surface area (Å²) < 4.78 is 35.0. The summed E-state index contributed by atoms with van der Waals surface area (Å²) in [7, 11) is 6.90. The van der Waals surface area contributed by atoms with Gasteiger partial charge in [0.2, 0.25) is 5.91 Å². The van der Waals surface area contributed by atoms with Gasteiger partial charge in [-0.25, -0.2) is 0 Å². The van der Waals surface area contributed by atoms with Crippen molar-refractivity contribution in [1.29, 1.82) is 0 Å². The summed E-state index contributed by atoms with van der Waals surface area (Å²) >= 11 is 0. The number of fused-ring (bicyclic) bond motifs is 1. The van der Waals surface area contributed by atoms with Crippen LogP contribution in [0.25, 0.3) is 0 Å². The van der Waals surface area contributed by atoms with E-state index < -0.39 is 0 Å². The predicted molar refractivity (Wildman–Crippen MR) is 162 cm³/mol. The Morgan fingerprint density at radius 1 is 0.976 bits per heavy atom. The first kappa shape index (κ1) is 32.0. The minimum atomic E-state index is -0.227. The number of hydrogen-bond donors (Lipinski definition) is 1. The van der Waals surface area contributed by atoms with Crippen molar-refractivity contribution in [2.24, 2.45) is 0 Å². The fourth-order valence-electron chi connectivity index (χ4n) is 5.35. The number of nitrogens with one attached hydrogen (secondary N) is 1. The Hall–Kier alpha value is -2.89. The molecule has 0 saturated carbocycles. The Kier molecular flexibility index (Phi) is 12.7. The Bertz CT molecular complexity index is 1100. The molecule has 0 radical (unpaired) electrons. The zero-order valence-electron chi connectivity index (χ0n) is 25.5. The minimum absolute atomic E-state index is 0.0208. The lowest BCUT2D eigenvalue weighted by Crippen LogP contribution is -2.51. The number of anilines is 1. The van der Waals surface area contributed by atoms with E-state index >= 15 is 0 Å². The molecule has 0 spiro atoms.